The van der Waals surface area contributed by atoms with Crippen LogP contribution in [0.25, 0.3) is 0 Å². The minimum absolute atomic E-state index is 0. The van der Waals surface area contributed by atoms with Gasteiger partial charge in [-0.2, -0.15) is 0 Å². The monoisotopic (exact) mass is 272 g/mol. The lowest BCUT2D eigenvalue weighted by Gasteiger charge is -2.15. The first kappa shape index (κ1) is 14.8. The van der Waals surface area contributed by atoms with Crippen LogP contribution in [-0.2, 0) is 0 Å². The van der Waals surface area contributed by atoms with Crippen molar-refractivity contribution in [3.63, 3.8) is 0 Å². The number of hydrogen-bond donors (Lipinski definition) is 1. The van der Waals surface area contributed by atoms with Crippen molar-refractivity contribution in [2.75, 3.05) is 20.1 Å². The molecule has 1 saturated heterocycles. The van der Waals surface area contributed by atoms with Crippen molar-refractivity contribution in [2.24, 2.45) is 5.73 Å². The van der Waals surface area contributed by atoms with E-state index >= 15 is 0 Å². The summed E-state index contributed by atoms with van der Waals surface area (Å²) in [4.78, 5) is 13.5. The van der Waals surface area contributed by atoms with Crippen LogP contribution in [0, 0.1) is 0 Å². The van der Waals surface area contributed by atoms with Crippen molar-refractivity contribution in [1.29, 1.82) is 0 Å². The summed E-state index contributed by atoms with van der Waals surface area (Å²) in [5.74, 6) is -0.00366. The van der Waals surface area contributed by atoms with Crippen molar-refractivity contribution in [3.8, 4) is 5.75 Å². The zero-order valence-corrected chi connectivity index (χ0v) is 10.9. The molecule has 0 aromatic heterocycles. The summed E-state index contributed by atoms with van der Waals surface area (Å²) >= 11 is 5.83. The number of benzene rings is 1. The van der Waals surface area contributed by atoms with Gasteiger partial charge in [-0.25, -0.2) is 0 Å². The predicted octanol–water partition coefficient (Wildman–Crippen LogP) is 0.697. The second-order valence-electron chi connectivity index (χ2n) is 4.30. The minimum atomic E-state index is -0.520. The maximum atomic E-state index is 11.3. The number of amides is 1. The van der Waals surface area contributed by atoms with Gasteiger partial charge >= 0.3 is 0 Å². The van der Waals surface area contributed by atoms with Crippen molar-refractivity contribution in [1.82, 2.24) is 4.90 Å². The van der Waals surface area contributed by atoms with Gasteiger partial charge in [0.25, 0.3) is 5.91 Å². The molecule has 0 bridgehead atoms. The van der Waals surface area contributed by atoms with E-state index in [-0.39, 0.29) is 11.6 Å². The molecule has 1 aromatic carbocycles. The molecule has 0 radical (unpaired) electrons. The van der Waals surface area contributed by atoms with E-state index in [0.29, 0.717) is 16.3 Å². The molecule has 1 atom stereocenters. The summed E-state index contributed by atoms with van der Waals surface area (Å²) in [6, 6.07) is 4.93. The molecule has 6 heteroatoms. The Morgan fingerprint density at radius 3 is 2.83 bits per heavy atom. The molecular formula is C12H17ClN2O3. The van der Waals surface area contributed by atoms with Crippen LogP contribution in [0.4, 0.5) is 0 Å². The van der Waals surface area contributed by atoms with Crippen LogP contribution in [0.15, 0.2) is 18.2 Å². The summed E-state index contributed by atoms with van der Waals surface area (Å²) in [5.41, 5.74) is 5.64. The van der Waals surface area contributed by atoms with Crippen LogP contribution in [0.3, 0.4) is 0 Å². The molecule has 100 valence electrons. The van der Waals surface area contributed by atoms with Gasteiger partial charge in [0.15, 0.2) is 0 Å². The van der Waals surface area contributed by atoms with Gasteiger partial charge in [0, 0.05) is 18.1 Å². The van der Waals surface area contributed by atoms with E-state index in [9.17, 15) is 4.79 Å². The van der Waals surface area contributed by atoms with Crippen LogP contribution in [0.1, 0.15) is 16.8 Å². The average molecular weight is 273 g/mol. The van der Waals surface area contributed by atoms with E-state index < -0.39 is 5.91 Å². The Labute approximate surface area is 111 Å². The molecule has 18 heavy (non-hydrogen) atoms. The quantitative estimate of drug-likeness (QED) is 0.878. The van der Waals surface area contributed by atoms with Crippen LogP contribution in [-0.4, -0.2) is 42.5 Å². The number of halogens is 1. The third kappa shape index (κ3) is 3.35. The van der Waals surface area contributed by atoms with Crippen molar-refractivity contribution in [2.45, 2.75) is 12.5 Å². The molecule has 1 aliphatic rings. The lowest BCUT2D eigenvalue weighted by Crippen LogP contribution is -2.23. The highest BCUT2D eigenvalue weighted by atomic mass is 35.5. The zero-order valence-electron chi connectivity index (χ0n) is 10.1. The van der Waals surface area contributed by atoms with Gasteiger partial charge in [-0.1, -0.05) is 11.6 Å². The fourth-order valence-corrected chi connectivity index (χ4v) is 2.14. The second kappa shape index (κ2) is 6.04. The Morgan fingerprint density at radius 2 is 2.28 bits per heavy atom. The number of likely N-dealkylation sites (tertiary alicyclic amines) is 1. The van der Waals surface area contributed by atoms with Gasteiger partial charge in [0.2, 0.25) is 0 Å². The molecule has 4 N–H and O–H groups in total. The zero-order chi connectivity index (χ0) is 12.4. The highest BCUT2D eigenvalue weighted by Crippen LogP contribution is 2.25. The highest BCUT2D eigenvalue weighted by Gasteiger charge is 2.22. The second-order valence-corrected chi connectivity index (χ2v) is 4.73. The van der Waals surface area contributed by atoms with Gasteiger partial charge in [-0.05, 0) is 31.7 Å². The van der Waals surface area contributed by atoms with Crippen molar-refractivity contribution >= 4 is 17.5 Å². The van der Waals surface area contributed by atoms with E-state index in [0.717, 1.165) is 19.5 Å². The van der Waals surface area contributed by atoms with Crippen molar-refractivity contribution in [3.05, 3.63) is 28.8 Å². The summed E-state index contributed by atoms with van der Waals surface area (Å²) < 4.78 is 5.79. The Kier molecular flexibility index (Phi) is 4.95. The summed E-state index contributed by atoms with van der Waals surface area (Å²) in [6.07, 6.45) is 1.07. The molecule has 1 heterocycles. The normalized spacial score (nSPS) is 19.3. The van der Waals surface area contributed by atoms with Gasteiger partial charge in [-0.3, -0.25) is 4.79 Å². The Morgan fingerprint density at radius 1 is 1.56 bits per heavy atom. The molecule has 5 nitrogen and oxygen atoms in total. The van der Waals surface area contributed by atoms with E-state index in [1.54, 1.807) is 12.1 Å². The fraction of sp³-hybridized carbons (Fsp3) is 0.417. The predicted molar refractivity (Wildman–Crippen MR) is 70.1 cm³/mol. The standard InChI is InChI=1S/C12H15ClN2O2.H2O/c1-15-5-4-9(7-15)17-11-3-2-8(13)6-10(11)12(14)16;/h2-3,6,9H,4-5,7H2,1H3,(H2,14,16);1H2. The van der Waals surface area contributed by atoms with Crippen molar-refractivity contribution < 1.29 is 15.0 Å². The van der Waals surface area contributed by atoms with E-state index in [1.807, 2.05) is 7.05 Å². The number of primary amides is 1. The van der Waals surface area contributed by atoms with Gasteiger partial charge in [0.05, 0.1) is 5.56 Å². The Balaban J connectivity index is 0.00000162. The van der Waals surface area contributed by atoms with Crippen LogP contribution < -0.4 is 10.5 Å². The van der Waals surface area contributed by atoms with E-state index in [2.05, 4.69) is 4.90 Å². The van der Waals surface area contributed by atoms with Crippen LogP contribution >= 0.6 is 11.6 Å². The Bertz CT molecular complexity index is 439. The van der Waals surface area contributed by atoms with Gasteiger partial charge < -0.3 is 20.8 Å². The molecule has 2 rings (SSSR count). The number of carbonyl (C=O) groups excluding carboxylic acids is 1. The summed E-state index contributed by atoms with van der Waals surface area (Å²) in [7, 11) is 2.04. The van der Waals surface area contributed by atoms with Gasteiger partial charge in [0.1, 0.15) is 11.9 Å². The lowest BCUT2D eigenvalue weighted by atomic mass is 10.2. The van der Waals surface area contributed by atoms with Crippen LogP contribution in [0.2, 0.25) is 5.02 Å². The maximum Gasteiger partial charge on any atom is 0.252 e. The molecule has 0 saturated carbocycles. The number of nitrogens with zero attached hydrogens (tertiary/aromatic N) is 1. The third-order valence-corrected chi connectivity index (χ3v) is 3.08. The largest absolute Gasteiger partial charge is 0.488 e. The number of hydrogen-bond acceptors (Lipinski definition) is 3. The number of nitrogens with two attached hydrogens (primary N) is 1. The molecule has 1 unspecified atom stereocenters. The van der Waals surface area contributed by atoms with E-state index in [1.165, 1.54) is 6.07 Å². The summed E-state index contributed by atoms with van der Waals surface area (Å²) in [6.45, 7) is 1.87. The molecule has 1 amide bonds. The molecular weight excluding hydrogens is 256 g/mol. The highest BCUT2D eigenvalue weighted by molar-refractivity contribution is 6.31. The number of likely N-dealkylation sites (N-methyl/N-ethyl adjacent to an activating group) is 1. The third-order valence-electron chi connectivity index (χ3n) is 2.85. The number of carbonyl (C=O) groups is 1. The first-order chi connectivity index (χ1) is 8.06. The molecule has 0 aliphatic carbocycles. The van der Waals surface area contributed by atoms with Crippen LogP contribution in [0.5, 0.6) is 5.75 Å². The molecule has 1 aliphatic heterocycles. The average Bonchev–Trinajstić information content (AvgIpc) is 2.66. The Hall–Kier alpha value is -1.30. The molecule has 1 aromatic rings. The summed E-state index contributed by atoms with van der Waals surface area (Å²) in [5, 5.41) is 0.481. The first-order valence-corrected chi connectivity index (χ1v) is 5.88. The maximum absolute atomic E-state index is 11.3. The first-order valence-electron chi connectivity index (χ1n) is 5.51. The SMILES string of the molecule is CN1CCC(Oc2ccc(Cl)cc2C(N)=O)C1.O. The number of rotatable bonds is 3. The van der Waals surface area contributed by atoms with Gasteiger partial charge in [-0.15, -0.1) is 0 Å². The number of ether oxygens (including phenoxy) is 1. The topological polar surface area (TPSA) is 87.1 Å². The lowest BCUT2D eigenvalue weighted by molar-refractivity contribution is 0.0993. The minimum Gasteiger partial charge on any atom is -0.488 e. The fourth-order valence-electron chi connectivity index (χ4n) is 1.97. The van der Waals surface area contributed by atoms with E-state index in [4.69, 9.17) is 22.1 Å². The smallest absolute Gasteiger partial charge is 0.252 e. The molecule has 0 spiro atoms. The molecule has 1 fully saturated rings.